The molecule has 2 aromatic rings. The maximum absolute atomic E-state index is 6.07. The summed E-state index contributed by atoms with van der Waals surface area (Å²) in [5, 5.41) is 8.56. The summed E-state index contributed by atoms with van der Waals surface area (Å²) in [6.45, 7) is 9.31. The fourth-order valence-electron chi connectivity index (χ4n) is 2.31. The fraction of sp³-hybridized carbons (Fsp3) is 0.471. The van der Waals surface area contributed by atoms with Gasteiger partial charge in [0.15, 0.2) is 0 Å². The summed E-state index contributed by atoms with van der Waals surface area (Å²) < 4.78 is 1.96. The number of nitrogens with zero attached hydrogens (tertiary/aromatic N) is 2. The van der Waals surface area contributed by atoms with E-state index in [4.69, 9.17) is 11.6 Å². The third-order valence-electron chi connectivity index (χ3n) is 3.61. The largest absolute Gasteiger partial charge is 0.316 e. The van der Waals surface area contributed by atoms with Crippen LogP contribution in [0.1, 0.15) is 30.7 Å². The highest BCUT2D eigenvalue weighted by molar-refractivity contribution is 6.31. The standard InChI is InChI=1S/C17H24ClN3/c1-13(2)10-19-9-8-15-6-4-5-7-16(15)12-21-14(3)17(18)11-20-21/h4-7,11,13,19H,8-10,12H2,1-3H3. The van der Waals surface area contributed by atoms with Gasteiger partial charge in [-0.25, -0.2) is 0 Å². The van der Waals surface area contributed by atoms with Gasteiger partial charge in [0.05, 0.1) is 23.5 Å². The summed E-state index contributed by atoms with van der Waals surface area (Å²) in [4.78, 5) is 0. The molecule has 3 nitrogen and oxygen atoms in total. The van der Waals surface area contributed by atoms with E-state index in [0.29, 0.717) is 5.92 Å². The molecule has 0 unspecified atom stereocenters. The van der Waals surface area contributed by atoms with Crippen LogP contribution in [0.15, 0.2) is 30.5 Å². The Hall–Kier alpha value is -1.32. The van der Waals surface area contributed by atoms with Crippen molar-refractivity contribution in [3.63, 3.8) is 0 Å². The van der Waals surface area contributed by atoms with Crippen LogP contribution in [0, 0.1) is 12.8 Å². The number of rotatable bonds is 7. The van der Waals surface area contributed by atoms with Crippen LogP contribution in [-0.4, -0.2) is 22.9 Å². The van der Waals surface area contributed by atoms with Crippen molar-refractivity contribution in [1.29, 1.82) is 0 Å². The first kappa shape index (κ1) is 16.1. The van der Waals surface area contributed by atoms with Crippen LogP contribution in [0.4, 0.5) is 0 Å². The molecule has 1 heterocycles. The zero-order chi connectivity index (χ0) is 15.2. The van der Waals surface area contributed by atoms with Crippen molar-refractivity contribution < 1.29 is 0 Å². The summed E-state index contributed by atoms with van der Waals surface area (Å²) in [7, 11) is 0. The third-order valence-corrected chi connectivity index (χ3v) is 3.98. The SMILES string of the molecule is Cc1c(Cl)cnn1Cc1ccccc1CCNCC(C)C. The number of aromatic nitrogens is 2. The number of hydrogen-bond acceptors (Lipinski definition) is 2. The maximum Gasteiger partial charge on any atom is 0.0815 e. The van der Waals surface area contributed by atoms with Gasteiger partial charge in [-0.1, -0.05) is 49.7 Å². The van der Waals surface area contributed by atoms with Crippen molar-refractivity contribution >= 4 is 11.6 Å². The Bertz CT molecular complexity index is 575. The van der Waals surface area contributed by atoms with E-state index in [-0.39, 0.29) is 0 Å². The monoisotopic (exact) mass is 305 g/mol. The van der Waals surface area contributed by atoms with Crippen LogP contribution in [0.2, 0.25) is 5.02 Å². The Labute approximate surface area is 132 Å². The number of hydrogen-bond donors (Lipinski definition) is 1. The molecule has 21 heavy (non-hydrogen) atoms. The Kier molecular flexibility index (Phi) is 5.83. The highest BCUT2D eigenvalue weighted by Gasteiger charge is 2.07. The van der Waals surface area contributed by atoms with Crippen LogP contribution >= 0.6 is 11.6 Å². The molecule has 0 saturated carbocycles. The first-order valence-electron chi connectivity index (χ1n) is 7.53. The third kappa shape index (κ3) is 4.58. The number of halogens is 1. The molecule has 0 aliphatic heterocycles. The van der Waals surface area contributed by atoms with Gasteiger partial charge in [-0.15, -0.1) is 0 Å². The molecule has 1 aromatic carbocycles. The van der Waals surface area contributed by atoms with Gasteiger partial charge in [-0.3, -0.25) is 4.68 Å². The van der Waals surface area contributed by atoms with Gasteiger partial charge in [0.1, 0.15) is 0 Å². The molecule has 4 heteroatoms. The molecule has 0 atom stereocenters. The first-order chi connectivity index (χ1) is 10.1. The van der Waals surface area contributed by atoms with Gasteiger partial charge in [-0.05, 0) is 43.5 Å². The lowest BCUT2D eigenvalue weighted by Gasteiger charge is -2.12. The van der Waals surface area contributed by atoms with Crippen molar-refractivity contribution in [2.75, 3.05) is 13.1 Å². The fourth-order valence-corrected chi connectivity index (χ4v) is 2.46. The molecule has 0 amide bonds. The molecule has 0 aliphatic rings. The quantitative estimate of drug-likeness (QED) is 0.791. The Morgan fingerprint density at radius 1 is 1.24 bits per heavy atom. The smallest absolute Gasteiger partial charge is 0.0815 e. The van der Waals surface area contributed by atoms with E-state index >= 15 is 0 Å². The minimum Gasteiger partial charge on any atom is -0.316 e. The summed E-state index contributed by atoms with van der Waals surface area (Å²) in [6.07, 6.45) is 2.75. The minimum absolute atomic E-state index is 0.689. The van der Waals surface area contributed by atoms with Crippen LogP contribution in [-0.2, 0) is 13.0 Å². The van der Waals surface area contributed by atoms with Crippen molar-refractivity contribution in [2.24, 2.45) is 5.92 Å². The lowest BCUT2D eigenvalue weighted by atomic mass is 10.0. The Morgan fingerprint density at radius 3 is 2.57 bits per heavy atom. The van der Waals surface area contributed by atoms with E-state index in [1.54, 1.807) is 6.20 Å². The molecule has 0 aliphatic carbocycles. The number of nitrogens with one attached hydrogen (secondary N) is 1. The molecule has 0 saturated heterocycles. The van der Waals surface area contributed by atoms with Crippen molar-refractivity contribution in [3.05, 3.63) is 52.3 Å². The molecule has 1 N–H and O–H groups in total. The summed E-state index contributed by atoms with van der Waals surface area (Å²) in [6, 6.07) is 8.56. The molecule has 0 radical (unpaired) electrons. The van der Waals surface area contributed by atoms with E-state index < -0.39 is 0 Å². The van der Waals surface area contributed by atoms with Gasteiger partial charge in [0.25, 0.3) is 0 Å². The summed E-state index contributed by atoms with van der Waals surface area (Å²) in [5.41, 5.74) is 3.70. The lowest BCUT2D eigenvalue weighted by molar-refractivity contribution is 0.553. The average Bonchev–Trinajstić information content (AvgIpc) is 2.77. The molecular weight excluding hydrogens is 282 g/mol. The Balaban J connectivity index is 2.01. The van der Waals surface area contributed by atoms with E-state index in [9.17, 15) is 0 Å². The number of benzene rings is 1. The minimum atomic E-state index is 0.689. The summed E-state index contributed by atoms with van der Waals surface area (Å²) >= 11 is 6.07. The maximum atomic E-state index is 6.07. The van der Waals surface area contributed by atoms with Crippen molar-refractivity contribution in [2.45, 2.75) is 33.7 Å². The molecule has 0 spiro atoms. The lowest BCUT2D eigenvalue weighted by Crippen LogP contribution is -2.22. The topological polar surface area (TPSA) is 29.9 Å². The van der Waals surface area contributed by atoms with Crippen molar-refractivity contribution in [3.8, 4) is 0 Å². The second kappa shape index (κ2) is 7.62. The average molecular weight is 306 g/mol. The van der Waals surface area contributed by atoms with E-state index in [0.717, 1.165) is 36.8 Å². The van der Waals surface area contributed by atoms with Crippen LogP contribution < -0.4 is 5.32 Å². The van der Waals surface area contributed by atoms with Crippen LogP contribution in [0.25, 0.3) is 0 Å². The molecule has 2 rings (SSSR count). The van der Waals surface area contributed by atoms with E-state index in [1.807, 2.05) is 11.6 Å². The summed E-state index contributed by atoms with van der Waals surface area (Å²) in [5.74, 6) is 0.689. The van der Waals surface area contributed by atoms with Gasteiger partial charge in [-0.2, -0.15) is 5.10 Å². The van der Waals surface area contributed by atoms with Crippen LogP contribution in [0.3, 0.4) is 0 Å². The van der Waals surface area contributed by atoms with Gasteiger partial charge < -0.3 is 5.32 Å². The second-order valence-corrected chi connectivity index (χ2v) is 6.26. The zero-order valence-corrected chi connectivity index (χ0v) is 13.8. The molecule has 1 aromatic heterocycles. The second-order valence-electron chi connectivity index (χ2n) is 5.85. The van der Waals surface area contributed by atoms with Gasteiger partial charge in [0, 0.05) is 0 Å². The zero-order valence-electron chi connectivity index (χ0n) is 13.1. The highest BCUT2D eigenvalue weighted by Crippen LogP contribution is 2.17. The molecule has 0 fully saturated rings. The van der Waals surface area contributed by atoms with E-state index in [2.05, 4.69) is 48.5 Å². The van der Waals surface area contributed by atoms with Gasteiger partial charge >= 0.3 is 0 Å². The van der Waals surface area contributed by atoms with E-state index in [1.165, 1.54) is 11.1 Å². The molecule has 114 valence electrons. The molecular formula is C17H24ClN3. The Morgan fingerprint density at radius 2 is 1.95 bits per heavy atom. The normalized spacial score (nSPS) is 11.3. The van der Waals surface area contributed by atoms with Gasteiger partial charge in [0.2, 0.25) is 0 Å². The van der Waals surface area contributed by atoms with Crippen LogP contribution in [0.5, 0.6) is 0 Å². The molecule has 0 bridgehead atoms. The highest BCUT2D eigenvalue weighted by atomic mass is 35.5. The predicted molar refractivity (Wildman–Crippen MR) is 88.9 cm³/mol. The predicted octanol–water partition coefficient (Wildman–Crippen LogP) is 3.68. The first-order valence-corrected chi connectivity index (χ1v) is 7.91. The van der Waals surface area contributed by atoms with Crippen molar-refractivity contribution in [1.82, 2.24) is 15.1 Å².